The first-order valence-corrected chi connectivity index (χ1v) is 7.06. The van der Waals surface area contributed by atoms with E-state index in [0.717, 1.165) is 12.1 Å². The Hall–Kier alpha value is -3.16. The average molecular weight is 348 g/mol. The summed E-state index contributed by atoms with van der Waals surface area (Å²) in [5, 5.41) is 9.59. The standard InChI is InChI=1S/C17H11F3N2O3/c1-25-15-12-7-4-10(16(23)24)8-13(12)21-14(22-15)9-2-5-11(6-3-9)17(18,19)20/h2-8H,1H3,(H,23,24). The van der Waals surface area contributed by atoms with Gasteiger partial charge >= 0.3 is 12.1 Å². The van der Waals surface area contributed by atoms with Crippen LogP contribution in [0.5, 0.6) is 5.88 Å². The molecule has 0 saturated heterocycles. The molecule has 5 nitrogen and oxygen atoms in total. The van der Waals surface area contributed by atoms with E-state index in [2.05, 4.69) is 9.97 Å². The van der Waals surface area contributed by atoms with E-state index in [1.54, 1.807) is 0 Å². The number of halogens is 3. The van der Waals surface area contributed by atoms with Crippen LogP contribution in [0.3, 0.4) is 0 Å². The Bertz CT molecular complexity index is 954. The van der Waals surface area contributed by atoms with Gasteiger partial charge in [-0.15, -0.1) is 0 Å². The summed E-state index contributed by atoms with van der Waals surface area (Å²) >= 11 is 0. The number of rotatable bonds is 3. The summed E-state index contributed by atoms with van der Waals surface area (Å²) in [6.07, 6.45) is -4.43. The van der Waals surface area contributed by atoms with E-state index < -0.39 is 17.7 Å². The summed E-state index contributed by atoms with van der Waals surface area (Å²) in [4.78, 5) is 19.6. The molecule has 0 bridgehead atoms. The van der Waals surface area contributed by atoms with Crippen molar-refractivity contribution in [1.82, 2.24) is 9.97 Å². The van der Waals surface area contributed by atoms with Crippen LogP contribution in [0.2, 0.25) is 0 Å². The molecule has 8 heteroatoms. The first-order chi connectivity index (χ1) is 11.8. The van der Waals surface area contributed by atoms with Crippen molar-refractivity contribution in [1.29, 1.82) is 0 Å². The van der Waals surface area contributed by atoms with Crippen LogP contribution in [0.4, 0.5) is 13.2 Å². The SMILES string of the molecule is COc1nc(-c2ccc(C(F)(F)F)cc2)nc2cc(C(=O)O)ccc12. The fraction of sp³-hybridized carbons (Fsp3) is 0.118. The molecular weight excluding hydrogens is 337 g/mol. The van der Waals surface area contributed by atoms with Gasteiger partial charge in [-0.3, -0.25) is 0 Å². The van der Waals surface area contributed by atoms with Crippen LogP contribution in [-0.2, 0) is 6.18 Å². The smallest absolute Gasteiger partial charge is 0.416 e. The van der Waals surface area contributed by atoms with Gasteiger partial charge in [0.05, 0.1) is 29.1 Å². The van der Waals surface area contributed by atoms with Crippen LogP contribution in [-0.4, -0.2) is 28.2 Å². The molecule has 3 rings (SSSR count). The number of benzene rings is 2. The second-order valence-electron chi connectivity index (χ2n) is 5.17. The molecule has 1 heterocycles. The molecule has 0 amide bonds. The van der Waals surface area contributed by atoms with Crippen LogP contribution in [0.15, 0.2) is 42.5 Å². The Labute approximate surface area is 139 Å². The van der Waals surface area contributed by atoms with Gasteiger partial charge in [0.25, 0.3) is 0 Å². The molecule has 0 atom stereocenters. The average Bonchev–Trinajstić information content (AvgIpc) is 2.59. The monoisotopic (exact) mass is 348 g/mol. The summed E-state index contributed by atoms with van der Waals surface area (Å²) in [6.45, 7) is 0. The van der Waals surface area contributed by atoms with Crippen LogP contribution < -0.4 is 4.74 Å². The number of carboxylic acid groups (broad SMARTS) is 1. The third-order valence-corrected chi connectivity index (χ3v) is 3.57. The second-order valence-corrected chi connectivity index (χ2v) is 5.17. The molecule has 2 aromatic carbocycles. The molecule has 1 N–H and O–H groups in total. The number of methoxy groups -OCH3 is 1. The molecule has 0 fully saturated rings. The summed E-state index contributed by atoms with van der Waals surface area (Å²) in [6, 6.07) is 8.65. The Morgan fingerprint density at radius 2 is 1.76 bits per heavy atom. The van der Waals surface area contributed by atoms with Gasteiger partial charge in [-0.2, -0.15) is 18.2 Å². The fourth-order valence-corrected chi connectivity index (χ4v) is 2.33. The molecule has 0 spiro atoms. The zero-order valence-corrected chi connectivity index (χ0v) is 12.8. The van der Waals surface area contributed by atoms with Crippen LogP contribution in [0.25, 0.3) is 22.3 Å². The van der Waals surface area contributed by atoms with Crippen molar-refractivity contribution in [2.45, 2.75) is 6.18 Å². The Balaban J connectivity index is 2.14. The van der Waals surface area contributed by atoms with E-state index in [-0.39, 0.29) is 17.3 Å². The lowest BCUT2D eigenvalue weighted by Gasteiger charge is -2.10. The largest absolute Gasteiger partial charge is 0.480 e. The number of ether oxygens (including phenoxy) is 1. The zero-order chi connectivity index (χ0) is 18.2. The van der Waals surface area contributed by atoms with Gasteiger partial charge < -0.3 is 9.84 Å². The van der Waals surface area contributed by atoms with Gasteiger partial charge in [0.2, 0.25) is 5.88 Å². The maximum atomic E-state index is 12.7. The van der Waals surface area contributed by atoms with E-state index in [1.807, 2.05) is 0 Å². The summed E-state index contributed by atoms with van der Waals surface area (Å²) in [5.74, 6) is -0.770. The van der Waals surface area contributed by atoms with Gasteiger partial charge in [0, 0.05) is 5.56 Å². The Kier molecular flexibility index (Phi) is 4.03. The molecule has 3 aromatic rings. The lowest BCUT2D eigenvalue weighted by Crippen LogP contribution is -2.04. The topological polar surface area (TPSA) is 72.3 Å². The van der Waals surface area contributed by atoms with E-state index in [0.29, 0.717) is 16.5 Å². The lowest BCUT2D eigenvalue weighted by atomic mass is 10.1. The Morgan fingerprint density at radius 3 is 2.32 bits per heavy atom. The highest BCUT2D eigenvalue weighted by molar-refractivity contribution is 5.94. The van der Waals surface area contributed by atoms with E-state index in [4.69, 9.17) is 9.84 Å². The minimum absolute atomic E-state index is 0.0339. The minimum atomic E-state index is -4.43. The van der Waals surface area contributed by atoms with E-state index in [9.17, 15) is 18.0 Å². The maximum Gasteiger partial charge on any atom is 0.416 e. The van der Waals surface area contributed by atoms with Gasteiger partial charge in [0.15, 0.2) is 5.82 Å². The predicted molar refractivity (Wildman–Crippen MR) is 83.5 cm³/mol. The number of carboxylic acids is 1. The molecule has 128 valence electrons. The second kappa shape index (κ2) is 6.04. The highest BCUT2D eigenvalue weighted by Crippen LogP contribution is 2.31. The predicted octanol–water partition coefficient (Wildman–Crippen LogP) is 4.02. The molecule has 0 unspecified atom stereocenters. The van der Waals surface area contributed by atoms with E-state index in [1.165, 1.54) is 37.4 Å². The van der Waals surface area contributed by atoms with Crippen molar-refractivity contribution in [2.75, 3.05) is 7.11 Å². The summed E-state index contributed by atoms with van der Waals surface area (Å²) in [5.41, 5.74) is -0.0700. The number of aromatic nitrogens is 2. The van der Waals surface area contributed by atoms with Crippen molar-refractivity contribution in [3.63, 3.8) is 0 Å². The molecule has 0 aliphatic carbocycles. The minimum Gasteiger partial charge on any atom is -0.480 e. The third-order valence-electron chi connectivity index (χ3n) is 3.57. The maximum absolute atomic E-state index is 12.7. The molecule has 0 radical (unpaired) electrons. The highest BCUT2D eigenvalue weighted by atomic mass is 19.4. The summed E-state index contributed by atoms with van der Waals surface area (Å²) in [7, 11) is 1.39. The number of aromatic carboxylic acids is 1. The molecular formula is C17H11F3N2O3. The van der Waals surface area contributed by atoms with Gasteiger partial charge in [-0.05, 0) is 30.3 Å². The van der Waals surface area contributed by atoms with Gasteiger partial charge in [-0.1, -0.05) is 12.1 Å². The molecule has 25 heavy (non-hydrogen) atoms. The van der Waals surface area contributed by atoms with Crippen molar-refractivity contribution >= 4 is 16.9 Å². The number of alkyl halides is 3. The number of fused-ring (bicyclic) bond motifs is 1. The highest BCUT2D eigenvalue weighted by Gasteiger charge is 2.30. The number of hydrogen-bond acceptors (Lipinski definition) is 4. The lowest BCUT2D eigenvalue weighted by molar-refractivity contribution is -0.137. The quantitative estimate of drug-likeness (QED) is 0.774. The number of carbonyl (C=O) groups is 1. The number of hydrogen-bond donors (Lipinski definition) is 1. The molecule has 0 saturated carbocycles. The van der Waals surface area contributed by atoms with E-state index >= 15 is 0 Å². The van der Waals surface area contributed by atoms with Crippen molar-refractivity contribution in [3.8, 4) is 17.3 Å². The van der Waals surface area contributed by atoms with Crippen LogP contribution in [0, 0.1) is 0 Å². The van der Waals surface area contributed by atoms with Crippen molar-refractivity contribution < 1.29 is 27.8 Å². The molecule has 0 aliphatic heterocycles. The first-order valence-electron chi connectivity index (χ1n) is 7.06. The number of nitrogens with zero attached hydrogens (tertiary/aromatic N) is 2. The zero-order valence-electron chi connectivity index (χ0n) is 12.8. The van der Waals surface area contributed by atoms with Crippen LogP contribution in [0.1, 0.15) is 15.9 Å². The first kappa shape index (κ1) is 16.7. The molecule has 0 aliphatic rings. The van der Waals surface area contributed by atoms with Crippen LogP contribution >= 0.6 is 0 Å². The van der Waals surface area contributed by atoms with Crippen molar-refractivity contribution in [2.24, 2.45) is 0 Å². The van der Waals surface area contributed by atoms with Gasteiger partial charge in [0.1, 0.15) is 0 Å². The Morgan fingerprint density at radius 1 is 1.08 bits per heavy atom. The van der Waals surface area contributed by atoms with Crippen molar-refractivity contribution in [3.05, 3.63) is 53.6 Å². The normalized spacial score (nSPS) is 11.5. The fourth-order valence-electron chi connectivity index (χ4n) is 2.33. The van der Waals surface area contributed by atoms with Gasteiger partial charge in [-0.25, -0.2) is 9.78 Å². The molecule has 1 aromatic heterocycles. The summed E-state index contributed by atoms with van der Waals surface area (Å²) < 4.78 is 43.2. The third kappa shape index (κ3) is 3.23.